The zero-order valence-corrected chi connectivity index (χ0v) is 12.3. The average Bonchev–Trinajstić information content (AvgIpc) is 3.02. The average molecular weight is 286 g/mol. The Morgan fingerprint density at radius 1 is 1.37 bits per heavy atom. The van der Waals surface area contributed by atoms with Crippen LogP contribution in [0.4, 0.5) is 0 Å². The summed E-state index contributed by atoms with van der Waals surface area (Å²) in [4.78, 5) is 0. The first-order chi connectivity index (χ1) is 8.97. The smallest absolute Gasteiger partial charge is 0.273 e. The molecule has 1 heterocycles. The van der Waals surface area contributed by atoms with E-state index >= 15 is 0 Å². The van der Waals surface area contributed by atoms with Gasteiger partial charge in [-0.3, -0.25) is 0 Å². The summed E-state index contributed by atoms with van der Waals surface area (Å²) in [7, 11) is -3.50. The second kappa shape index (κ2) is 6.07. The van der Waals surface area contributed by atoms with Crippen molar-refractivity contribution in [2.45, 2.75) is 50.8 Å². The molecule has 19 heavy (non-hydrogen) atoms. The van der Waals surface area contributed by atoms with Crippen molar-refractivity contribution in [3.63, 3.8) is 0 Å². The monoisotopic (exact) mass is 286 g/mol. The van der Waals surface area contributed by atoms with E-state index in [9.17, 15) is 8.42 Å². The summed E-state index contributed by atoms with van der Waals surface area (Å²) in [5, 5.41) is 3.29. The van der Waals surface area contributed by atoms with Crippen LogP contribution in [0.3, 0.4) is 0 Å². The van der Waals surface area contributed by atoms with Crippen LogP contribution in [0.15, 0.2) is 21.6 Å². The van der Waals surface area contributed by atoms with E-state index in [2.05, 4.69) is 23.9 Å². The van der Waals surface area contributed by atoms with Gasteiger partial charge in [0.25, 0.3) is 10.0 Å². The van der Waals surface area contributed by atoms with Crippen molar-refractivity contribution in [2.75, 3.05) is 6.54 Å². The first kappa shape index (κ1) is 14.6. The molecule has 0 amide bonds. The molecule has 108 valence electrons. The Morgan fingerprint density at radius 2 is 2.11 bits per heavy atom. The molecule has 0 unspecified atom stereocenters. The molecule has 1 aromatic heterocycles. The summed E-state index contributed by atoms with van der Waals surface area (Å²) >= 11 is 0. The maximum atomic E-state index is 12.0. The van der Waals surface area contributed by atoms with E-state index in [1.165, 1.54) is 18.9 Å². The highest BCUT2D eigenvalue weighted by molar-refractivity contribution is 7.89. The topological polar surface area (TPSA) is 71.3 Å². The lowest BCUT2D eigenvalue weighted by molar-refractivity contribution is 0.398. The quantitative estimate of drug-likeness (QED) is 0.765. The van der Waals surface area contributed by atoms with Crippen LogP contribution in [0.5, 0.6) is 0 Å². The molecule has 0 bridgehead atoms. The summed E-state index contributed by atoms with van der Waals surface area (Å²) in [6.45, 7) is 5.15. The number of rotatable bonds is 8. The third-order valence-corrected chi connectivity index (χ3v) is 4.39. The number of hydrogen-bond acceptors (Lipinski definition) is 4. The van der Waals surface area contributed by atoms with Crippen molar-refractivity contribution >= 4 is 10.0 Å². The van der Waals surface area contributed by atoms with Crippen molar-refractivity contribution in [3.8, 4) is 0 Å². The van der Waals surface area contributed by atoms with E-state index in [0.29, 0.717) is 30.8 Å². The molecule has 0 aromatic carbocycles. The van der Waals surface area contributed by atoms with E-state index in [1.54, 1.807) is 6.07 Å². The van der Waals surface area contributed by atoms with Gasteiger partial charge in [0.15, 0.2) is 0 Å². The molecule has 5 nitrogen and oxygen atoms in total. The number of sulfonamides is 1. The minimum atomic E-state index is -3.50. The van der Waals surface area contributed by atoms with Gasteiger partial charge in [0.1, 0.15) is 5.76 Å². The standard InChI is InChI=1S/C13H22N2O3S/c1-10(2)7-8-15-19(16,17)13-6-5-12(18-13)9-14-11-3-4-11/h5-6,10-11,14-15H,3-4,7-9H2,1-2H3. The molecule has 1 fully saturated rings. The fourth-order valence-electron chi connectivity index (χ4n) is 1.68. The fraction of sp³-hybridized carbons (Fsp3) is 0.692. The lowest BCUT2D eigenvalue weighted by Crippen LogP contribution is -2.25. The molecule has 1 saturated carbocycles. The van der Waals surface area contributed by atoms with Gasteiger partial charge >= 0.3 is 0 Å². The molecule has 2 rings (SSSR count). The van der Waals surface area contributed by atoms with Gasteiger partial charge < -0.3 is 9.73 Å². The van der Waals surface area contributed by atoms with Crippen molar-refractivity contribution in [1.29, 1.82) is 0 Å². The summed E-state index contributed by atoms with van der Waals surface area (Å²) < 4.78 is 31.8. The highest BCUT2D eigenvalue weighted by atomic mass is 32.2. The number of nitrogens with one attached hydrogen (secondary N) is 2. The van der Waals surface area contributed by atoms with Gasteiger partial charge in [-0.25, -0.2) is 13.1 Å². The van der Waals surface area contributed by atoms with Gasteiger partial charge in [0, 0.05) is 12.6 Å². The minimum absolute atomic E-state index is 0.00357. The van der Waals surface area contributed by atoms with Crippen LogP contribution >= 0.6 is 0 Å². The maximum absolute atomic E-state index is 12.0. The van der Waals surface area contributed by atoms with E-state index in [-0.39, 0.29) is 5.09 Å². The Bertz CT molecular complexity index is 504. The summed E-state index contributed by atoms with van der Waals surface area (Å²) in [6.07, 6.45) is 3.21. The Balaban J connectivity index is 1.87. The van der Waals surface area contributed by atoms with Crippen LogP contribution < -0.4 is 10.0 Å². The van der Waals surface area contributed by atoms with E-state index in [4.69, 9.17) is 4.42 Å². The van der Waals surface area contributed by atoms with Crippen LogP contribution in [0.2, 0.25) is 0 Å². The van der Waals surface area contributed by atoms with Crippen LogP contribution in [0.1, 0.15) is 38.9 Å². The predicted molar refractivity (Wildman–Crippen MR) is 73.2 cm³/mol. The van der Waals surface area contributed by atoms with E-state index < -0.39 is 10.0 Å². The SMILES string of the molecule is CC(C)CCNS(=O)(=O)c1ccc(CNC2CC2)o1. The first-order valence-electron chi connectivity index (χ1n) is 6.79. The predicted octanol–water partition coefficient (Wildman–Crippen LogP) is 1.86. The van der Waals surface area contributed by atoms with Crippen LogP contribution in [0.25, 0.3) is 0 Å². The maximum Gasteiger partial charge on any atom is 0.273 e. The van der Waals surface area contributed by atoms with Crippen LogP contribution in [-0.4, -0.2) is 21.0 Å². The van der Waals surface area contributed by atoms with Crippen molar-refractivity contribution < 1.29 is 12.8 Å². The van der Waals surface area contributed by atoms with Gasteiger partial charge in [-0.05, 0) is 37.3 Å². The summed E-state index contributed by atoms with van der Waals surface area (Å²) in [5.74, 6) is 1.13. The van der Waals surface area contributed by atoms with E-state index in [0.717, 1.165) is 6.42 Å². The molecular weight excluding hydrogens is 264 g/mol. The van der Waals surface area contributed by atoms with Gasteiger partial charge in [0.2, 0.25) is 5.09 Å². The molecule has 0 aliphatic heterocycles. The number of furan rings is 1. The van der Waals surface area contributed by atoms with Gasteiger partial charge in [-0.15, -0.1) is 0 Å². The zero-order chi connectivity index (χ0) is 13.9. The molecule has 0 radical (unpaired) electrons. The minimum Gasteiger partial charge on any atom is -0.447 e. The van der Waals surface area contributed by atoms with Crippen LogP contribution in [-0.2, 0) is 16.6 Å². The fourth-order valence-corrected chi connectivity index (χ4v) is 2.68. The lowest BCUT2D eigenvalue weighted by Gasteiger charge is -2.06. The van der Waals surface area contributed by atoms with Crippen LogP contribution in [0, 0.1) is 5.92 Å². The molecule has 0 saturated heterocycles. The van der Waals surface area contributed by atoms with Gasteiger partial charge in [0.05, 0.1) is 6.54 Å². The third kappa shape index (κ3) is 4.63. The Labute approximate surface area is 114 Å². The van der Waals surface area contributed by atoms with Crippen molar-refractivity contribution in [3.05, 3.63) is 17.9 Å². The largest absolute Gasteiger partial charge is 0.447 e. The summed E-state index contributed by atoms with van der Waals surface area (Å²) in [5.41, 5.74) is 0. The second-order valence-corrected chi connectivity index (χ2v) is 7.15. The van der Waals surface area contributed by atoms with Crippen molar-refractivity contribution in [2.24, 2.45) is 5.92 Å². The van der Waals surface area contributed by atoms with E-state index in [1.807, 2.05) is 0 Å². The third-order valence-electron chi connectivity index (χ3n) is 3.06. The van der Waals surface area contributed by atoms with Gasteiger partial charge in [-0.1, -0.05) is 13.8 Å². The Hall–Kier alpha value is -0.850. The molecule has 1 aliphatic rings. The molecule has 6 heteroatoms. The van der Waals surface area contributed by atoms with Crippen molar-refractivity contribution in [1.82, 2.24) is 10.0 Å². The molecule has 0 spiro atoms. The zero-order valence-electron chi connectivity index (χ0n) is 11.5. The molecule has 1 aliphatic carbocycles. The highest BCUT2D eigenvalue weighted by Crippen LogP contribution is 2.20. The highest BCUT2D eigenvalue weighted by Gasteiger charge is 2.22. The normalized spacial score (nSPS) is 16.2. The Kier molecular flexibility index (Phi) is 4.65. The molecular formula is C13H22N2O3S. The number of hydrogen-bond donors (Lipinski definition) is 2. The molecule has 2 N–H and O–H groups in total. The molecule has 0 atom stereocenters. The van der Waals surface area contributed by atoms with Gasteiger partial charge in [-0.2, -0.15) is 0 Å². The molecule has 1 aromatic rings. The summed E-state index contributed by atoms with van der Waals surface area (Å²) in [6, 6.07) is 3.81. The second-order valence-electron chi connectivity index (χ2n) is 5.46. The Morgan fingerprint density at radius 3 is 2.74 bits per heavy atom. The first-order valence-corrected chi connectivity index (χ1v) is 8.27. The lowest BCUT2D eigenvalue weighted by atomic mass is 10.1.